The van der Waals surface area contributed by atoms with Crippen LogP contribution in [0.1, 0.15) is 11.9 Å². The Labute approximate surface area is 166 Å². The molecular weight excluding hydrogens is 370 g/mol. The zero-order chi connectivity index (χ0) is 20.2. The zero-order valence-electron chi connectivity index (χ0n) is 15.2. The van der Waals surface area contributed by atoms with E-state index in [1.54, 1.807) is 18.6 Å². The summed E-state index contributed by atoms with van der Waals surface area (Å²) in [6.07, 6.45) is 6.34. The molecule has 4 rings (SSSR count). The van der Waals surface area contributed by atoms with Gasteiger partial charge in [0.15, 0.2) is 5.82 Å². The van der Waals surface area contributed by atoms with Crippen LogP contribution in [0.3, 0.4) is 0 Å². The molecule has 0 saturated heterocycles. The predicted molar refractivity (Wildman–Crippen MR) is 108 cm³/mol. The van der Waals surface area contributed by atoms with E-state index in [1.807, 2.05) is 30.3 Å². The maximum Gasteiger partial charge on any atom is 0.287 e. The van der Waals surface area contributed by atoms with Crippen molar-refractivity contribution in [1.82, 2.24) is 24.9 Å². The molecule has 0 aliphatic heterocycles. The Morgan fingerprint density at radius 1 is 1.00 bits per heavy atom. The summed E-state index contributed by atoms with van der Waals surface area (Å²) >= 11 is 0. The summed E-state index contributed by atoms with van der Waals surface area (Å²) in [6, 6.07) is 12.1. The molecule has 0 fully saturated rings. The van der Waals surface area contributed by atoms with Crippen molar-refractivity contribution in [3.63, 3.8) is 0 Å². The Morgan fingerprint density at radius 2 is 1.79 bits per heavy atom. The van der Waals surface area contributed by atoms with Gasteiger partial charge in [0.25, 0.3) is 5.69 Å². The number of aromatic nitrogens is 5. The highest BCUT2D eigenvalue weighted by atomic mass is 16.6. The molecular formula is C20H16N7O2. The van der Waals surface area contributed by atoms with E-state index in [9.17, 15) is 10.1 Å². The SMILES string of the molecule is [CH2]C(Nc1ccc([N+](=O)[O-])cn1)c1nccc(-c2ccc(-c3ncc[nH]3)cc2)n1. The molecule has 0 saturated carbocycles. The van der Waals surface area contributed by atoms with E-state index in [4.69, 9.17) is 0 Å². The monoisotopic (exact) mass is 386 g/mol. The highest BCUT2D eigenvalue weighted by molar-refractivity contribution is 5.65. The van der Waals surface area contributed by atoms with Crippen molar-refractivity contribution in [2.75, 3.05) is 5.32 Å². The number of rotatable bonds is 6. The number of anilines is 1. The summed E-state index contributed by atoms with van der Waals surface area (Å²) < 4.78 is 0. The van der Waals surface area contributed by atoms with Crippen LogP contribution in [0.5, 0.6) is 0 Å². The molecule has 1 unspecified atom stereocenters. The van der Waals surface area contributed by atoms with E-state index in [-0.39, 0.29) is 5.69 Å². The standard InChI is InChI=1S/C20H16N7O2/c1-13(25-18-7-6-16(12-24-18)27(28)29)19-21-9-8-17(26-19)14-2-4-15(5-3-14)20-22-10-11-23-20/h2-13H,1H2,(H,22,23)(H,24,25). The fourth-order valence-corrected chi connectivity index (χ4v) is 2.75. The lowest BCUT2D eigenvalue weighted by Crippen LogP contribution is -2.12. The van der Waals surface area contributed by atoms with Crippen molar-refractivity contribution in [2.24, 2.45) is 0 Å². The van der Waals surface area contributed by atoms with Crippen molar-refractivity contribution < 1.29 is 4.92 Å². The molecule has 29 heavy (non-hydrogen) atoms. The van der Waals surface area contributed by atoms with Gasteiger partial charge < -0.3 is 10.3 Å². The quantitative estimate of drug-likeness (QED) is 0.381. The second-order valence-electron chi connectivity index (χ2n) is 6.17. The number of benzene rings is 1. The third kappa shape index (κ3) is 4.08. The summed E-state index contributed by atoms with van der Waals surface area (Å²) in [5, 5.41) is 13.8. The number of pyridine rings is 1. The first kappa shape index (κ1) is 18.2. The third-order valence-corrected chi connectivity index (χ3v) is 4.22. The largest absolute Gasteiger partial charge is 0.360 e. The summed E-state index contributed by atoms with van der Waals surface area (Å²) in [7, 11) is 0. The Bertz CT molecular complexity index is 1110. The number of H-pyrrole nitrogens is 1. The van der Waals surface area contributed by atoms with Crippen LogP contribution in [0.4, 0.5) is 11.5 Å². The topological polar surface area (TPSA) is 123 Å². The molecule has 1 radical (unpaired) electrons. The molecule has 9 heteroatoms. The van der Waals surface area contributed by atoms with E-state index in [2.05, 4.69) is 37.2 Å². The summed E-state index contributed by atoms with van der Waals surface area (Å²) in [5.74, 6) is 1.74. The van der Waals surface area contributed by atoms with Crippen LogP contribution in [0.15, 0.2) is 67.3 Å². The lowest BCUT2D eigenvalue weighted by atomic mass is 10.1. The van der Waals surface area contributed by atoms with Crippen LogP contribution in [0.25, 0.3) is 22.6 Å². The number of aromatic amines is 1. The average Bonchev–Trinajstić information content (AvgIpc) is 3.29. The molecule has 4 aromatic rings. The molecule has 3 aromatic heterocycles. The Kier molecular flexibility index (Phi) is 4.93. The van der Waals surface area contributed by atoms with E-state index < -0.39 is 11.0 Å². The molecule has 9 nitrogen and oxygen atoms in total. The fraction of sp³-hybridized carbons (Fsp3) is 0.0500. The first-order valence-electron chi connectivity index (χ1n) is 8.73. The van der Waals surface area contributed by atoms with Crippen LogP contribution < -0.4 is 5.32 Å². The number of imidazole rings is 1. The number of nitrogens with one attached hydrogen (secondary N) is 2. The van der Waals surface area contributed by atoms with Gasteiger partial charge in [-0.2, -0.15) is 0 Å². The number of nitrogens with zero attached hydrogens (tertiary/aromatic N) is 5. The van der Waals surface area contributed by atoms with Gasteiger partial charge >= 0.3 is 0 Å². The van der Waals surface area contributed by atoms with Gasteiger partial charge in [-0.05, 0) is 19.1 Å². The highest BCUT2D eigenvalue weighted by Crippen LogP contribution is 2.23. The van der Waals surface area contributed by atoms with Crippen molar-refractivity contribution in [3.8, 4) is 22.6 Å². The molecule has 0 spiro atoms. The maximum absolute atomic E-state index is 10.7. The Balaban J connectivity index is 1.51. The number of nitro groups is 1. The molecule has 0 amide bonds. The van der Waals surface area contributed by atoms with Gasteiger partial charge in [-0.15, -0.1) is 0 Å². The zero-order valence-corrected chi connectivity index (χ0v) is 15.2. The summed E-state index contributed by atoms with van der Waals surface area (Å²) in [6.45, 7) is 4.02. The van der Waals surface area contributed by atoms with E-state index in [1.165, 1.54) is 18.3 Å². The second kappa shape index (κ2) is 7.85. The minimum atomic E-state index is -0.498. The maximum atomic E-state index is 10.7. The van der Waals surface area contributed by atoms with Gasteiger partial charge in [-0.3, -0.25) is 10.1 Å². The fourth-order valence-electron chi connectivity index (χ4n) is 2.75. The first-order valence-corrected chi connectivity index (χ1v) is 8.73. The third-order valence-electron chi connectivity index (χ3n) is 4.22. The molecule has 0 bridgehead atoms. The van der Waals surface area contributed by atoms with Crippen molar-refractivity contribution >= 4 is 11.5 Å². The number of hydrogen-bond acceptors (Lipinski definition) is 7. The van der Waals surface area contributed by atoms with Crippen molar-refractivity contribution in [3.05, 3.63) is 90.1 Å². The first-order chi connectivity index (χ1) is 14.1. The van der Waals surface area contributed by atoms with Gasteiger partial charge in [-0.1, -0.05) is 24.3 Å². The van der Waals surface area contributed by atoms with Crippen molar-refractivity contribution in [1.29, 1.82) is 0 Å². The van der Waals surface area contributed by atoms with Gasteiger partial charge in [-0.25, -0.2) is 19.9 Å². The van der Waals surface area contributed by atoms with Gasteiger partial charge in [0.2, 0.25) is 0 Å². The molecule has 2 N–H and O–H groups in total. The number of hydrogen-bond donors (Lipinski definition) is 2. The summed E-state index contributed by atoms with van der Waals surface area (Å²) in [5.41, 5.74) is 2.60. The predicted octanol–water partition coefficient (Wildman–Crippen LogP) is 3.82. The molecule has 1 atom stereocenters. The molecule has 0 aliphatic rings. The van der Waals surface area contributed by atoms with Crippen LogP contribution >= 0.6 is 0 Å². The molecule has 0 aliphatic carbocycles. The van der Waals surface area contributed by atoms with E-state index in [0.717, 1.165) is 22.6 Å². The van der Waals surface area contributed by atoms with Gasteiger partial charge in [0, 0.05) is 35.8 Å². The van der Waals surface area contributed by atoms with Crippen LogP contribution in [-0.2, 0) is 0 Å². The van der Waals surface area contributed by atoms with E-state index in [0.29, 0.717) is 11.6 Å². The lowest BCUT2D eigenvalue weighted by molar-refractivity contribution is -0.385. The molecule has 143 valence electrons. The van der Waals surface area contributed by atoms with E-state index >= 15 is 0 Å². The van der Waals surface area contributed by atoms with Crippen LogP contribution in [-0.4, -0.2) is 29.8 Å². The second-order valence-corrected chi connectivity index (χ2v) is 6.17. The van der Waals surface area contributed by atoms with Crippen molar-refractivity contribution in [2.45, 2.75) is 6.04 Å². The Hall–Kier alpha value is -4.14. The minimum Gasteiger partial charge on any atom is -0.360 e. The average molecular weight is 386 g/mol. The molecule has 1 aromatic carbocycles. The normalized spacial score (nSPS) is 11.8. The molecule has 3 heterocycles. The minimum absolute atomic E-state index is 0.0765. The smallest absolute Gasteiger partial charge is 0.287 e. The lowest BCUT2D eigenvalue weighted by Gasteiger charge is -2.13. The van der Waals surface area contributed by atoms with Crippen LogP contribution in [0.2, 0.25) is 0 Å². The Morgan fingerprint density at radius 3 is 2.45 bits per heavy atom. The highest BCUT2D eigenvalue weighted by Gasteiger charge is 2.12. The van der Waals surface area contributed by atoms with Gasteiger partial charge in [0.1, 0.15) is 17.8 Å². The van der Waals surface area contributed by atoms with Crippen LogP contribution in [0, 0.1) is 17.0 Å². The van der Waals surface area contributed by atoms with Gasteiger partial charge in [0.05, 0.1) is 16.7 Å². The summed E-state index contributed by atoms with van der Waals surface area (Å²) in [4.78, 5) is 30.4.